The molecular weight excluding hydrogens is 470 g/mol. The number of nitrogens with zero attached hydrogens (tertiary/aromatic N) is 3. The third-order valence-corrected chi connectivity index (χ3v) is 8.15. The number of rotatable bonds is 7. The number of thiophene rings is 1. The van der Waals surface area contributed by atoms with Crippen LogP contribution in [0.3, 0.4) is 0 Å². The van der Waals surface area contributed by atoms with Crippen LogP contribution in [-0.4, -0.2) is 71.9 Å². The Balaban J connectivity index is 1.17. The molecule has 0 radical (unpaired) electrons. The number of benzene rings is 2. The Bertz CT molecular complexity index is 1170. The molecule has 0 spiro atoms. The first-order chi connectivity index (χ1) is 17.6. The molecule has 2 amide bonds. The van der Waals surface area contributed by atoms with Crippen molar-refractivity contribution in [2.24, 2.45) is 0 Å². The third kappa shape index (κ3) is 5.53. The summed E-state index contributed by atoms with van der Waals surface area (Å²) in [4.78, 5) is 33.7. The molecule has 7 heteroatoms. The molecule has 3 aromatic rings. The Labute approximate surface area is 217 Å². The van der Waals surface area contributed by atoms with Crippen molar-refractivity contribution in [3.8, 4) is 0 Å². The second-order valence-electron chi connectivity index (χ2n) is 9.59. The standard InChI is InChI=1S/C29H33N3O3S/c1-22-18-30(15-16-32(22)28(34)21-35-20-23-8-4-2-5-9-23)27(33)19-31-14-12-26-25(13-17-36-26)29(31)24-10-6-3-7-11-24/h2-11,13,17,22,29H,12,14-16,18-21H2,1H3/t22-,29+/m1/s1. The van der Waals surface area contributed by atoms with E-state index in [0.29, 0.717) is 32.8 Å². The van der Waals surface area contributed by atoms with Gasteiger partial charge in [0.1, 0.15) is 6.61 Å². The molecule has 2 aliphatic rings. The number of carbonyl (C=O) groups is 2. The molecule has 0 unspecified atom stereocenters. The molecule has 2 atom stereocenters. The van der Waals surface area contributed by atoms with Crippen LogP contribution in [0.15, 0.2) is 72.1 Å². The quantitative estimate of drug-likeness (QED) is 0.490. The summed E-state index contributed by atoms with van der Waals surface area (Å²) in [7, 11) is 0. The van der Waals surface area contributed by atoms with Crippen molar-refractivity contribution in [1.82, 2.24) is 14.7 Å². The lowest BCUT2D eigenvalue weighted by Crippen LogP contribution is -2.57. The van der Waals surface area contributed by atoms with Crippen LogP contribution in [0, 0.1) is 0 Å². The van der Waals surface area contributed by atoms with Gasteiger partial charge in [-0.1, -0.05) is 60.7 Å². The molecule has 2 aliphatic heterocycles. The largest absolute Gasteiger partial charge is 0.367 e. The summed E-state index contributed by atoms with van der Waals surface area (Å²) in [6.07, 6.45) is 0.977. The van der Waals surface area contributed by atoms with Gasteiger partial charge in [0.05, 0.1) is 19.2 Å². The molecule has 0 saturated carbocycles. The minimum Gasteiger partial charge on any atom is -0.367 e. The molecule has 5 rings (SSSR count). The summed E-state index contributed by atoms with van der Waals surface area (Å²) in [5.74, 6) is 0.115. The Kier molecular flexibility index (Phi) is 7.80. The fourth-order valence-corrected chi connectivity index (χ4v) is 6.21. The molecule has 3 heterocycles. The number of hydrogen-bond donors (Lipinski definition) is 0. The van der Waals surface area contributed by atoms with Crippen LogP contribution in [0.1, 0.15) is 34.5 Å². The summed E-state index contributed by atoms with van der Waals surface area (Å²) >= 11 is 1.81. The molecule has 188 valence electrons. The smallest absolute Gasteiger partial charge is 0.248 e. The molecule has 1 saturated heterocycles. The molecule has 0 bridgehead atoms. The molecule has 1 aromatic heterocycles. The lowest BCUT2D eigenvalue weighted by Gasteiger charge is -2.42. The van der Waals surface area contributed by atoms with Crippen molar-refractivity contribution in [3.63, 3.8) is 0 Å². The zero-order chi connectivity index (χ0) is 24.9. The van der Waals surface area contributed by atoms with E-state index in [4.69, 9.17) is 4.74 Å². The SMILES string of the molecule is C[C@@H]1CN(C(=O)CN2CCc3sccc3[C@@H]2c2ccccc2)CCN1C(=O)COCc1ccccc1. The lowest BCUT2D eigenvalue weighted by molar-refractivity contribution is -0.146. The molecule has 0 N–H and O–H groups in total. The molecule has 0 aliphatic carbocycles. The minimum absolute atomic E-state index is 0.0179. The van der Waals surface area contributed by atoms with E-state index in [1.807, 2.05) is 64.5 Å². The van der Waals surface area contributed by atoms with Crippen molar-refractivity contribution in [1.29, 1.82) is 0 Å². The second-order valence-corrected chi connectivity index (χ2v) is 10.6. The van der Waals surface area contributed by atoms with Gasteiger partial charge in [0.15, 0.2) is 0 Å². The van der Waals surface area contributed by atoms with Gasteiger partial charge in [0.2, 0.25) is 11.8 Å². The first-order valence-corrected chi connectivity index (χ1v) is 13.5. The maximum atomic E-state index is 13.4. The van der Waals surface area contributed by atoms with Crippen molar-refractivity contribution >= 4 is 23.2 Å². The summed E-state index contributed by atoms with van der Waals surface area (Å²) in [6, 6.07) is 22.6. The van der Waals surface area contributed by atoms with E-state index in [2.05, 4.69) is 40.6 Å². The van der Waals surface area contributed by atoms with Crippen LogP contribution in [0.25, 0.3) is 0 Å². The number of ether oxygens (including phenoxy) is 1. The van der Waals surface area contributed by atoms with Gasteiger partial charge in [-0.15, -0.1) is 11.3 Å². The van der Waals surface area contributed by atoms with Crippen LogP contribution in [-0.2, 0) is 27.4 Å². The minimum atomic E-state index is -0.0368. The molecule has 36 heavy (non-hydrogen) atoms. The van der Waals surface area contributed by atoms with Gasteiger partial charge in [-0.05, 0) is 41.5 Å². The number of fused-ring (bicyclic) bond motifs is 1. The molecular formula is C29H33N3O3S. The van der Waals surface area contributed by atoms with Crippen LogP contribution in [0.4, 0.5) is 0 Å². The second kappa shape index (κ2) is 11.4. The first-order valence-electron chi connectivity index (χ1n) is 12.6. The van der Waals surface area contributed by atoms with Gasteiger partial charge in [-0.2, -0.15) is 0 Å². The summed E-state index contributed by atoms with van der Waals surface area (Å²) in [5.41, 5.74) is 3.60. The zero-order valence-electron chi connectivity index (χ0n) is 20.7. The van der Waals surface area contributed by atoms with Gasteiger partial charge in [-0.3, -0.25) is 14.5 Å². The Morgan fingerprint density at radius 3 is 2.44 bits per heavy atom. The first kappa shape index (κ1) is 24.7. The highest BCUT2D eigenvalue weighted by Gasteiger charge is 2.34. The van der Waals surface area contributed by atoms with E-state index in [1.54, 1.807) is 0 Å². The fraction of sp³-hybridized carbons (Fsp3) is 0.379. The number of hydrogen-bond acceptors (Lipinski definition) is 5. The molecule has 6 nitrogen and oxygen atoms in total. The van der Waals surface area contributed by atoms with E-state index in [9.17, 15) is 9.59 Å². The monoisotopic (exact) mass is 503 g/mol. The average molecular weight is 504 g/mol. The van der Waals surface area contributed by atoms with Crippen molar-refractivity contribution in [2.45, 2.75) is 32.0 Å². The predicted molar refractivity (Wildman–Crippen MR) is 142 cm³/mol. The van der Waals surface area contributed by atoms with Gasteiger partial charge >= 0.3 is 0 Å². The highest BCUT2D eigenvalue weighted by molar-refractivity contribution is 7.10. The van der Waals surface area contributed by atoms with E-state index >= 15 is 0 Å². The van der Waals surface area contributed by atoms with Crippen molar-refractivity contribution in [2.75, 3.05) is 39.3 Å². The van der Waals surface area contributed by atoms with Crippen molar-refractivity contribution < 1.29 is 14.3 Å². The molecule has 2 aromatic carbocycles. The lowest BCUT2D eigenvalue weighted by atomic mass is 9.93. The van der Waals surface area contributed by atoms with E-state index in [0.717, 1.165) is 18.5 Å². The Morgan fingerprint density at radius 2 is 1.69 bits per heavy atom. The van der Waals surface area contributed by atoms with Gasteiger partial charge in [-0.25, -0.2) is 0 Å². The van der Waals surface area contributed by atoms with Gasteiger partial charge in [0.25, 0.3) is 0 Å². The predicted octanol–water partition coefficient (Wildman–Crippen LogP) is 3.97. The van der Waals surface area contributed by atoms with Crippen LogP contribution in [0.2, 0.25) is 0 Å². The highest BCUT2D eigenvalue weighted by Crippen LogP contribution is 2.37. The van der Waals surface area contributed by atoms with Gasteiger partial charge < -0.3 is 14.5 Å². The van der Waals surface area contributed by atoms with Crippen LogP contribution < -0.4 is 0 Å². The number of amides is 2. The van der Waals surface area contributed by atoms with Crippen molar-refractivity contribution in [3.05, 3.63) is 93.7 Å². The van der Waals surface area contributed by atoms with Crippen LogP contribution in [0.5, 0.6) is 0 Å². The maximum absolute atomic E-state index is 13.4. The van der Waals surface area contributed by atoms with E-state index in [1.165, 1.54) is 16.0 Å². The van der Waals surface area contributed by atoms with E-state index in [-0.39, 0.29) is 30.5 Å². The fourth-order valence-electron chi connectivity index (χ4n) is 5.31. The topological polar surface area (TPSA) is 53.1 Å². The Morgan fingerprint density at radius 1 is 0.944 bits per heavy atom. The van der Waals surface area contributed by atoms with Crippen LogP contribution >= 0.6 is 11.3 Å². The van der Waals surface area contributed by atoms with Gasteiger partial charge in [0, 0.05) is 37.1 Å². The Hall–Kier alpha value is -3.00. The molecule has 1 fully saturated rings. The maximum Gasteiger partial charge on any atom is 0.248 e. The average Bonchev–Trinajstić information content (AvgIpc) is 3.38. The van der Waals surface area contributed by atoms with E-state index < -0.39 is 0 Å². The summed E-state index contributed by atoms with van der Waals surface area (Å²) in [6.45, 7) is 5.39. The number of piperazine rings is 1. The zero-order valence-corrected chi connectivity index (χ0v) is 21.5. The highest BCUT2D eigenvalue weighted by atomic mass is 32.1. The third-order valence-electron chi connectivity index (χ3n) is 7.16. The normalized spacial score (nSPS) is 20.2. The summed E-state index contributed by atoms with van der Waals surface area (Å²) in [5, 5.41) is 2.16. The summed E-state index contributed by atoms with van der Waals surface area (Å²) < 4.78 is 5.66. The number of carbonyl (C=O) groups excluding carboxylic acids is 2.